The van der Waals surface area contributed by atoms with E-state index in [4.69, 9.17) is 14.6 Å². The highest BCUT2D eigenvalue weighted by atomic mass is 16.5. The van der Waals surface area contributed by atoms with Crippen LogP contribution in [0.5, 0.6) is 11.5 Å². The van der Waals surface area contributed by atoms with Gasteiger partial charge in [0.05, 0.1) is 24.4 Å². The predicted octanol–water partition coefficient (Wildman–Crippen LogP) is 6.60. The summed E-state index contributed by atoms with van der Waals surface area (Å²) in [5.41, 5.74) is 6.78. The number of fused-ring (bicyclic) bond motifs is 3. The molecule has 6 rings (SSSR count). The van der Waals surface area contributed by atoms with E-state index in [0.717, 1.165) is 34.8 Å². The van der Waals surface area contributed by atoms with Crippen LogP contribution in [0.2, 0.25) is 0 Å². The van der Waals surface area contributed by atoms with Crippen molar-refractivity contribution >= 4 is 5.71 Å². The van der Waals surface area contributed by atoms with Crippen molar-refractivity contribution in [2.75, 3.05) is 7.11 Å². The lowest BCUT2D eigenvalue weighted by Crippen LogP contribution is -2.33. The van der Waals surface area contributed by atoms with Crippen molar-refractivity contribution in [3.8, 4) is 22.6 Å². The van der Waals surface area contributed by atoms with Gasteiger partial charge in [0.25, 0.3) is 0 Å². The Morgan fingerprint density at radius 1 is 0.727 bits per heavy atom. The van der Waals surface area contributed by atoms with Crippen LogP contribution in [-0.2, 0) is 0 Å². The fraction of sp³-hybridized carbons (Fsp3) is 0.138. The summed E-state index contributed by atoms with van der Waals surface area (Å²) in [6.07, 6.45) is 0.485. The van der Waals surface area contributed by atoms with Crippen LogP contribution in [0, 0.1) is 0 Å². The Morgan fingerprint density at radius 3 is 2.15 bits per heavy atom. The lowest BCUT2D eigenvalue weighted by Gasteiger charge is -2.38. The fourth-order valence-corrected chi connectivity index (χ4v) is 4.77. The Bertz CT molecular complexity index is 1320. The lowest BCUT2D eigenvalue weighted by atomic mass is 9.95. The van der Waals surface area contributed by atoms with Crippen molar-refractivity contribution in [3.05, 3.63) is 120 Å². The Labute approximate surface area is 193 Å². The second kappa shape index (κ2) is 8.14. The molecule has 2 aliphatic rings. The number of ether oxygens (including phenoxy) is 2. The molecule has 4 aromatic carbocycles. The summed E-state index contributed by atoms with van der Waals surface area (Å²) in [6, 6.07) is 35.5. The van der Waals surface area contributed by atoms with Gasteiger partial charge in [-0.05, 0) is 34.9 Å². The first-order valence-electron chi connectivity index (χ1n) is 11.2. The smallest absolute Gasteiger partial charge is 0.217 e. The number of rotatable bonds is 4. The number of hydrogen-bond acceptors (Lipinski definition) is 4. The van der Waals surface area contributed by atoms with Crippen LogP contribution in [0.1, 0.15) is 35.4 Å². The van der Waals surface area contributed by atoms with E-state index < -0.39 is 0 Å². The van der Waals surface area contributed by atoms with Gasteiger partial charge in [-0.3, -0.25) is 0 Å². The third-order valence-corrected chi connectivity index (χ3v) is 6.43. The van der Waals surface area contributed by atoms with Crippen molar-refractivity contribution in [2.24, 2.45) is 5.10 Å². The predicted molar refractivity (Wildman–Crippen MR) is 130 cm³/mol. The fourth-order valence-electron chi connectivity index (χ4n) is 4.77. The maximum atomic E-state index is 6.47. The molecule has 0 spiro atoms. The third-order valence-electron chi connectivity index (χ3n) is 6.43. The van der Waals surface area contributed by atoms with Crippen LogP contribution in [0.4, 0.5) is 0 Å². The van der Waals surface area contributed by atoms with Gasteiger partial charge in [0.15, 0.2) is 0 Å². The molecule has 0 N–H and O–H groups in total. The summed E-state index contributed by atoms with van der Waals surface area (Å²) in [7, 11) is 1.69. The van der Waals surface area contributed by atoms with Gasteiger partial charge in [-0.1, -0.05) is 84.9 Å². The van der Waals surface area contributed by atoms with E-state index in [9.17, 15) is 0 Å². The van der Waals surface area contributed by atoms with E-state index >= 15 is 0 Å². The molecule has 2 atom stereocenters. The minimum atomic E-state index is -0.345. The maximum Gasteiger partial charge on any atom is 0.217 e. The van der Waals surface area contributed by atoms with Crippen LogP contribution >= 0.6 is 0 Å². The summed E-state index contributed by atoms with van der Waals surface area (Å²) in [5, 5.41) is 7.18. The summed E-state index contributed by atoms with van der Waals surface area (Å²) >= 11 is 0. The second-order valence-electron chi connectivity index (χ2n) is 8.34. The van der Waals surface area contributed by atoms with Gasteiger partial charge in [0.2, 0.25) is 6.23 Å². The minimum Gasteiger partial charge on any atom is -0.496 e. The summed E-state index contributed by atoms with van der Waals surface area (Å²) < 4.78 is 12.1. The molecule has 0 radical (unpaired) electrons. The van der Waals surface area contributed by atoms with Gasteiger partial charge in [0, 0.05) is 12.0 Å². The highest BCUT2D eigenvalue weighted by Gasteiger charge is 2.41. The molecule has 4 aromatic rings. The molecule has 2 heterocycles. The number of hydrazone groups is 1. The number of para-hydroxylation sites is 2. The molecule has 0 saturated heterocycles. The standard InChI is InChI=1S/C29H24N2O2/c1-32-27-13-7-6-12-24(27)29-31-26(23-11-5-8-14-28(23)33-29)19-25(30-31)22-17-15-21(16-18-22)20-9-3-2-4-10-20/h2-18,26,29H,19H2,1H3/t26-,29+/m1/s1. The molecule has 33 heavy (non-hydrogen) atoms. The first-order chi connectivity index (χ1) is 16.3. The van der Waals surface area contributed by atoms with Crippen molar-refractivity contribution in [3.63, 3.8) is 0 Å². The van der Waals surface area contributed by atoms with Crippen molar-refractivity contribution in [1.82, 2.24) is 5.01 Å². The third kappa shape index (κ3) is 3.44. The first-order valence-corrected chi connectivity index (χ1v) is 11.2. The zero-order valence-corrected chi connectivity index (χ0v) is 18.4. The SMILES string of the molecule is COc1ccccc1[C@@H]1Oc2ccccc2[C@H]2CC(c3ccc(-c4ccccc4)cc3)=NN21. The summed E-state index contributed by atoms with van der Waals surface area (Å²) in [5.74, 6) is 1.71. The van der Waals surface area contributed by atoms with Gasteiger partial charge < -0.3 is 9.47 Å². The molecule has 0 bridgehead atoms. The molecule has 4 heteroatoms. The number of benzene rings is 4. The van der Waals surface area contributed by atoms with Crippen molar-refractivity contribution in [1.29, 1.82) is 0 Å². The van der Waals surface area contributed by atoms with Crippen LogP contribution < -0.4 is 9.47 Å². The molecule has 0 saturated carbocycles. The second-order valence-corrected chi connectivity index (χ2v) is 8.34. The molecule has 0 amide bonds. The largest absolute Gasteiger partial charge is 0.496 e. The Balaban J connectivity index is 1.38. The first kappa shape index (κ1) is 19.6. The molecule has 0 fully saturated rings. The molecular weight excluding hydrogens is 408 g/mol. The monoisotopic (exact) mass is 432 g/mol. The topological polar surface area (TPSA) is 34.1 Å². The van der Waals surface area contributed by atoms with E-state index in [1.807, 2.05) is 36.4 Å². The number of methoxy groups -OCH3 is 1. The van der Waals surface area contributed by atoms with E-state index in [-0.39, 0.29) is 12.3 Å². The molecule has 162 valence electrons. The minimum absolute atomic E-state index is 0.119. The molecule has 0 aromatic heterocycles. The van der Waals surface area contributed by atoms with Crippen LogP contribution in [0.3, 0.4) is 0 Å². The van der Waals surface area contributed by atoms with Gasteiger partial charge in [-0.15, -0.1) is 0 Å². The number of hydrogen-bond donors (Lipinski definition) is 0. The summed E-state index contributed by atoms with van der Waals surface area (Å²) in [4.78, 5) is 0. The van der Waals surface area contributed by atoms with Gasteiger partial charge in [-0.25, -0.2) is 5.01 Å². The highest BCUT2D eigenvalue weighted by Crippen LogP contribution is 2.48. The van der Waals surface area contributed by atoms with E-state index in [0.29, 0.717) is 0 Å². The average Bonchev–Trinajstić information content (AvgIpc) is 3.35. The Kier molecular flexibility index (Phi) is 4.84. The molecule has 0 unspecified atom stereocenters. The quantitative estimate of drug-likeness (QED) is 0.364. The van der Waals surface area contributed by atoms with Gasteiger partial charge >= 0.3 is 0 Å². The average molecular weight is 433 g/mol. The van der Waals surface area contributed by atoms with Crippen LogP contribution in [0.15, 0.2) is 108 Å². The zero-order chi connectivity index (χ0) is 22.2. The molecule has 4 nitrogen and oxygen atoms in total. The number of nitrogens with zero attached hydrogens (tertiary/aromatic N) is 2. The van der Waals surface area contributed by atoms with Crippen LogP contribution in [-0.4, -0.2) is 17.8 Å². The van der Waals surface area contributed by atoms with Gasteiger partial charge in [0.1, 0.15) is 11.5 Å². The van der Waals surface area contributed by atoms with E-state index in [2.05, 4.69) is 71.7 Å². The molecule has 2 aliphatic heterocycles. The maximum absolute atomic E-state index is 6.47. The molecular formula is C29H24N2O2. The van der Waals surface area contributed by atoms with Gasteiger partial charge in [-0.2, -0.15) is 5.10 Å². The van der Waals surface area contributed by atoms with Crippen LogP contribution in [0.25, 0.3) is 11.1 Å². The molecule has 0 aliphatic carbocycles. The highest BCUT2D eigenvalue weighted by molar-refractivity contribution is 6.02. The zero-order valence-electron chi connectivity index (χ0n) is 18.4. The van der Waals surface area contributed by atoms with Crippen molar-refractivity contribution in [2.45, 2.75) is 18.7 Å². The lowest BCUT2D eigenvalue weighted by molar-refractivity contribution is -0.0203. The van der Waals surface area contributed by atoms with Crippen molar-refractivity contribution < 1.29 is 9.47 Å². The summed E-state index contributed by atoms with van der Waals surface area (Å²) in [6.45, 7) is 0. The Morgan fingerprint density at radius 2 is 1.36 bits per heavy atom. The van der Waals surface area contributed by atoms with E-state index in [1.54, 1.807) is 7.11 Å². The van der Waals surface area contributed by atoms with E-state index in [1.165, 1.54) is 16.7 Å². The Hall–Kier alpha value is -4.05. The normalized spacial score (nSPS) is 18.7.